The smallest absolute Gasteiger partial charge is 0.0650 e. The molecule has 0 fully saturated rings. The summed E-state index contributed by atoms with van der Waals surface area (Å²) in [7, 11) is 0. The summed E-state index contributed by atoms with van der Waals surface area (Å²) in [6.07, 6.45) is 0.704. The van der Waals surface area contributed by atoms with Crippen molar-refractivity contribution < 1.29 is 10.2 Å². The predicted molar refractivity (Wildman–Crippen MR) is 63.1 cm³/mol. The molecule has 1 rings (SSSR count). The first-order valence-electron chi connectivity index (χ1n) is 5.20. The lowest BCUT2D eigenvalue weighted by molar-refractivity contribution is 0.0796. The van der Waals surface area contributed by atoms with Gasteiger partial charge in [0.05, 0.1) is 18.8 Å². The Bertz CT molecular complexity index is 262. The number of rotatable bonds is 6. The third-order valence-corrected chi connectivity index (χ3v) is 3.83. The van der Waals surface area contributed by atoms with Crippen LogP contribution in [0.2, 0.25) is 0 Å². The first-order chi connectivity index (χ1) is 7.17. The number of hydrogen-bond donors (Lipinski definition) is 3. The van der Waals surface area contributed by atoms with Crippen molar-refractivity contribution in [2.24, 2.45) is 0 Å². The Morgan fingerprint density at radius 1 is 1.47 bits per heavy atom. The minimum Gasteiger partial charge on any atom is -0.394 e. The maximum atomic E-state index is 9.30. The Morgan fingerprint density at radius 3 is 2.53 bits per heavy atom. The highest BCUT2D eigenvalue weighted by Crippen LogP contribution is 2.22. The topological polar surface area (TPSA) is 52.5 Å². The van der Waals surface area contributed by atoms with Crippen LogP contribution in [0.5, 0.6) is 0 Å². The lowest BCUT2D eigenvalue weighted by Crippen LogP contribution is -2.51. The van der Waals surface area contributed by atoms with Crippen molar-refractivity contribution in [1.29, 1.82) is 0 Å². The molecule has 3 N–H and O–H groups in total. The zero-order valence-electron chi connectivity index (χ0n) is 9.23. The van der Waals surface area contributed by atoms with Crippen LogP contribution < -0.4 is 5.32 Å². The average Bonchev–Trinajstić information content (AvgIpc) is 2.79. The minimum absolute atomic E-state index is 0.0459. The number of aliphatic hydroxyl groups excluding tert-OH is 2. The largest absolute Gasteiger partial charge is 0.394 e. The molecular formula is C11H19NO2S. The molecule has 0 aromatic carbocycles. The Hall–Kier alpha value is -0.420. The van der Waals surface area contributed by atoms with Crippen LogP contribution in [0.1, 0.15) is 31.2 Å². The van der Waals surface area contributed by atoms with E-state index in [1.807, 2.05) is 25.3 Å². The van der Waals surface area contributed by atoms with Crippen molar-refractivity contribution in [2.75, 3.05) is 13.2 Å². The Balaban J connectivity index is 2.66. The molecule has 0 saturated carbocycles. The molecule has 86 valence electrons. The quantitative estimate of drug-likeness (QED) is 0.693. The van der Waals surface area contributed by atoms with E-state index >= 15 is 0 Å². The maximum absolute atomic E-state index is 9.30. The summed E-state index contributed by atoms with van der Waals surface area (Å²) in [6, 6.07) is 4.21. The van der Waals surface area contributed by atoms with Gasteiger partial charge < -0.3 is 10.2 Å². The average molecular weight is 229 g/mol. The molecule has 1 unspecified atom stereocenters. The predicted octanol–water partition coefficient (Wildman–Crippen LogP) is 1.53. The highest BCUT2D eigenvalue weighted by atomic mass is 32.1. The molecule has 15 heavy (non-hydrogen) atoms. The molecule has 0 aliphatic rings. The first-order valence-corrected chi connectivity index (χ1v) is 6.08. The fourth-order valence-corrected chi connectivity index (χ4v) is 2.27. The summed E-state index contributed by atoms with van der Waals surface area (Å²) in [4.78, 5) is 1.22. The van der Waals surface area contributed by atoms with Crippen LogP contribution in [-0.4, -0.2) is 29.0 Å². The van der Waals surface area contributed by atoms with Crippen molar-refractivity contribution >= 4 is 11.3 Å². The summed E-state index contributed by atoms with van der Waals surface area (Å²) in [5.74, 6) is 0. The molecule has 0 saturated heterocycles. The molecule has 1 atom stereocenters. The second-order valence-electron chi connectivity index (χ2n) is 3.83. The van der Waals surface area contributed by atoms with Crippen LogP contribution in [0, 0.1) is 0 Å². The lowest BCUT2D eigenvalue weighted by Gasteiger charge is -2.33. The van der Waals surface area contributed by atoms with Crippen molar-refractivity contribution in [2.45, 2.75) is 31.8 Å². The van der Waals surface area contributed by atoms with E-state index in [0.29, 0.717) is 6.42 Å². The zero-order valence-corrected chi connectivity index (χ0v) is 10.0. The number of thiophene rings is 1. The molecule has 3 nitrogen and oxygen atoms in total. The highest BCUT2D eigenvalue weighted by molar-refractivity contribution is 7.10. The van der Waals surface area contributed by atoms with Crippen LogP contribution >= 0.6 is 11.3 Å². The third-order valence-electron chi connectivity index (χ3n) is 2.77. The van der Waals surface area contributed by atoms with Gasteiger partial charge in [-0.25, -0.2) is 0 Å². The van der Waals surface area contributed by atoms with Crippen molar-refractivity contribution in [3.63, 3.8) is 0 Å². The van der Waals surface area contributed by atoms with Gasteiger partial charge in [0.2, 0.25) is 0 Å². The molecule has 0 bridgehead atoms. The van der Waals surface area contributed by atoms with Crippen molar-refractivity contribution in [3.8, 4) is 0 Å². The van der Waals surface area contributed by atoms with Gasteiger partial charge in [0.1, 0.15) is 0 Å². The molecule has 0 amide bonds. The molecule has 1 aromatic rings. The summed E-state index contributed by atoms with van der Waals surface area (Å²) in [5, 5.41) is 23.9. The van der Waals surface area contributed by atoms with E-state index in [9.17, 15) is 10.2 Å². The second-order valence-corrected chi connectivity index (χ2v) is 4.81. The first kappa shape index (κ1) is 12.6. The number of aliphatic hydroxyl groups is 2. The van der Waals surface area contributed by atoms with Crippen LogP contribution in [0.3, 0.4) is 0 Å². The Labute approximate surface area is 94.8 Å². The van der Waals surface area contributed by atoms with Gasteiger partial charge in [0.15, 0.2) is 0 Å². The van der Waals surface area contributed by atoms with E-state index in [-0.39, 0.29) is 19.3 Å². The molecule has 4 heteroatoms. The van der Waals surface area contributed by atoms with Gasteiger partial charge >= 0.3 is 0 Å². The third kappa shape index (κ3) is 3.01. The zero-order chi connectivity index (χ0) is 11.3. The van der Waals surface area contributed by atoms with Gasteiger partial charge in [0, 0.05) is 10.9 Å². The van der Waals surface area contributed by atoms with Crippen LogP contribution in [-0.2, 0) is 0 Å². The highest BCUT2D eigenvalue weighted by Gasteiger charge is 2.28. The molecule has 1 aromatic heterocycles. The molecule has 0 radical (unpaired) electrons. The fourth-order valence-electron chi connectivity index (χ4n) is 1.54. The molecule has 0 spiro atoms. The van der Waals surface area contributed by atoms with Crippen molar-refractivity contribution in [3.05, 3.63) is 22.4 Å². The minimum atomic E-state index is -0.566. The van der Waals surface area contributed by atoms with Gasteiger partial charge in [-0.2, -0.15) is 0 Å². The summed E-state index contributed by atoms with van der Waals surface area (Å²) in [6.45, 7) is 3.91. The molecule has 0 aliphatic carbocycles. The van der Waals surface area contributed by atoms with E-state index in [4.69, 9.17) is 0 Å². The van der Waals surface area contributed by atoms with Crippen LogP contribution in [0.4, 0.5) is 0 Å². The van der Waals surface area contributed by atoms with Crippen LogP contribution in [0.25, 0.3) is 0 Å². The van der Waals surface area contributed by atoms with Crippen molar-refractivity contribution in [1.82, 2.24) is 5.32 Å². The van der Waals surface area contributed by atoms with Gasteiger partial charge in [-0.3, -0.25) is 5.32 Å². The van der Waals surface area contributed by atoms with E-state index in [1.165, 1.54) is 4.88 Å². The van der Waals surface area contributed by atoms with E-state index in [2.05, 4.69) is 11.4 Å². The fraction of sp³-hybridized carbons (Fsp3) is 0.636. The van der Waals surface area contributed by atoms with Gasteiger partial charge in [-0.15, -0.1) is 11.3 Å². The molecular weight excluding hydrogens is 210 g/mol. The SMILES string of the molecule is CCC(CO)(CO)NC(C)c1cccs1. The second kappa shape index (κ2) is 5.61. The Kier molecular flexibility index (Phi) is 4.73. The standard InChI is InChI=1S/C11H19NO2S/c1-3-11(7-13,8-14)12-9(2)10-5-4-6-15-10/h4-6,9,12-14H,3,7-8H2,1-2H3. The maximum Gasteiger partial charge on any atom is 0.0650 e. The molecule has 1 heterocycles. The monoisotopic (exact) mass is 229 g/mol. The van der Waals surface area contributed by atoms with Crippen LogP contribution in [0.15, 0.2) is 17.5 Å². The van der Waals surface area contributed by atoms with Gasteiger partial charge in [0.25, 0.3) is 0 Å². The number of nitrogens with one attached hydrogen (secondary N) is 1. The number of hydrogen-bond acceptors (Lipinski definition) is 4. The normalized spacial score (nSPS) is 14.1. The van der Waals surface area contributed by atoms with E-state index in [0.717, 1.165) is 0 Å². The van der Waals surface area contributed by atoms with E-state index in [1.54, 1.807) is 11.3 Å². The Morgan fingerprint density at radius 2 is 2.13 bits per heavy atom. The van der Waals surface area contributed by atoms with Gasteiger partial charge in [-0.05, 0) is 24.8 Å². The molecule has 0 aliphatic heterocycles. The van der Waals surface area contributed by atoms with Gasteiger partial charge in [-0.1, -0.05) is 13.0 Å². The lowest BCUT2D eigenvalue weighted by atomic mass is 9.97. The van der Waals surface area contributed by atoms with E-state index < -0.39 is 5.54 Å². The summed E-state index contributed by atoms with van der Waals surface area (Å²) in [5.41, 5.74) is -0.566. The summed E-state index contributed by atoms with van der Waals surface area (Å²) >= 11 is 1.68. The summed E-state index contributed by atoms with van der Waals surface area (Å²) < 4.78 is 0.